The number of methoxy groups -OCH3 is 1. The Morgan fingerprint density at radius 2 is 1.55 bits per heavy atom. The third-order valence-corrected chi connectivity index (χ3v) is 4.74. The number of anilines is 2. The molecule has 3 aromatic carbocycles. The Labute approximate surface area is 175 Å². The molecule has 5 nitrogen and oxygen atoms in total. The Morgan fingerprint density at radius 1 is 0.839 bits per heavy atom. The summed E-state index contributed by atoms with van der Waals surface area (Å²) in [5.41, 5.74) is 0.409. The maximum atomic E-state index is 13.8. The van der Waals surface area contributed by atoms with E-state index < -0.39 is 29.3 Å². The van der Waals surface area contributed by atoms with E-state index >= 15 is 0 Å². The van der Waals surface area contributed by atoms with Gasteiger partial charge < -0.3 is 10.1 Å². The normalized spacial score (nSPS) is 13.7. The van der Waals surface area contributed by atoms with Crippen molar-refractivity contribution in [2.75, 3.05) is 17.3 Å². The molecule has 0 bridgehead atoms. The first-order valence-corrected chi connectivity index (χ1v) is 9.15. The number of hydrogen-bond acceptors (Lipinski definition) is 4. The lowest BCUT2D eigenvalue weighted by atomic mass is 10.0. The highest BCUT2D eigenvalue weighted by molar-refractivity contribution is 6.46. The number of amides is 2. The van der Waals surface area contributed by atoms with Crippen LogP contribution in [0.4, 0.5) is 24.5 Å². The SMILES string of the molecule is COc1ccccc1NC1=C(c2ccc(F)cc2)C(=O)N(c2ccc(F)c(F)c2)C1=O. The third kappa shape index (κ3) is 3.63. The van der Waals surface area contributed by atoms with Crippen LogP contribution in [0.15, 0.2) is 72.4 Å². The van der Waals surface area contributed by atoms with E-state index in [1.54, 1.807) is 24.3 Å². The Hall–Kier alpha value is -4.07. The van der Waals surface area contributed by atoms with Crippen LogP contribution in [0.2, 0.25) is 0 Å². The molecule has 31 heavy (non-hydrogen) atoms. The molecule has 0 aromatic heterocycles. The fourth-order valence-corrected chi connectivity index (χ4v) is 3.27. The van der Waals surface area contributed by atoms with E-state index in [4.69, 9.17) is 4.74 Å². The smallest absolute Gasteiger partial charge is 0.282 e. The molecule has 0 unspecified atom stereocenters. The minimum Gasteiger partial charge on any atom is -0.495 e. The fraction of sp³-hybridized carbons (Fsp3) is 0.0435. The standard InChI is InChI=1S/C23H15F3N2O3/c1-31-19-5-3-2-4-18(19)27-21-20(13-6-8-14(24)9-7-13)22(29)28(23(21)30)15-10-11-16(25)17(26)12-15/h2-12,27H,1H3. The first kappa shape index (κ1) is 20.2. The van der Waals surface area contributed by atoms with Gasteiger partial charge in [-0.3, -0.25) is 9.59 Å². The van der Waals surface area contributed by atoms with E-state index in [9.17, 15) is 22.8 Å². The molecule has 0 aliphatic carbocycles. The molecular weight excluding hydrogens is 409 g/mol. The molecule has 0 saturated heterocycles. The van der Waals surface area contributed by atoms with Crippen molar-refractivity contribution in [3.63, 3.8) is 0 Å². The van der Waals surface area contributed by atoms with E-state index in [1.165, 1.54) is 19.2 Å². The van der Waals surface area contributed by atoms with Crippen LogP contribution in [-0.4, -0.2) is 18.9 Å². The summed E-state index contributed by atoms with van der Waals surface area (Å²) in [5, 5.41) is 2.91. The van der Waals surface area contributed by atoms with Crippen molar-refractivity contribution in [2.45, 2.75) is 0 Å². The molecule has 156 valence electrons. The van der Waals surface area contributed by atoms with Gasteiger partial charge in [-0.1, -0.05) is 24.3 Å². The number of hydrogen-bond donors (Lipinski definition) is 1. The van der Waals surface area contributed by atoms with Gasteiger partial charge in [0.05, 0.1) is 24.1 Å². The summed E-state index contributed by atoms with van der Waals surface area (Å²) in [6.45, 7) is 0. The summed E-state index contributed by atoms with van der Waals surface area (Å²) < 4.78 is 45.9. The molecule has 0 atom stereocenters. The second kappa shape index (κ2) is 7.98. The van der Waals surface area contributed by atoms with Crippen molar-refractivity contribution in [3.05, 3.63) is 95.4 Å². The lowest BCUT2D eigenvalue weighted by Gasteiger charge is -2.16. The zero-order valence-electron chi connectivity index (χ0n) is 16.2. The van der Waals surface area contributed by atoms with E-state index in [-0.39, 0.29) is 22.5 Å². The van der Waals surface area contributed by atoms with Crippen molar-refractivity contribution < 1.29 is 27.5 Å². The number of benzene rings is 3. The number of nitrogens with one attached hydrogen (secondary N) is 1. The van der Waals surface area contributed by atoms with Crippen LogP contribution < -0.4 is 15.0 Å². The summed E-state index contributed by atoms with van der Waals surface area (Å²) in [4.78, 5) is 27.2. The molecule has 0 radical (unpaired) electrons. The topological polar surface area (TPSA) is 58.6 Å². The highest BCUT2D eigenvalue weighted by Crippen LogP contribution is 2.36. The maximum absolute atomic E-state index is 13.8. The van der Waals surface area contributed by atoms with Crippen LogP contribution in [0.1, 0.15) is 5.56 Å². The van der Waals surface area contributed by atoms with Gasteiger partial charge in [0.2, 0.25) is 0 Å². The monoisotopic (exact) mass is 424 g/mol. The predicted octanol–water partition coefficient (Wildman–Crippen LogP) is 4.51. The zero-order chi connectivity index (χ0) is 22.1. The molecule has 1 aliphatic rings. The molecule has 0 fully saturated rings. The van der Waals surface area contributed by atoms with Gasteiger partial charge in [-0.25, -0.2) is 18.1 Å². The van der Waals surface area contributed by atoms with Crippen LogP contribution >= 0.6 is 0 Å². The van der Waals surface area contributed by atoms with E-state index in [0.29, 0.717) is 11.4 Å². The number of para-hydroxylation sites is 2. The summed E-state index contributed by atoms with van der Waals surface area (Å²) in [6, 6.07) is 14.5. The van der Waals surface area contributed by atoms with Crippen LogP contribution in [0.5, 0.6) is 5.75 Å². The van der Waals surface area contributed by atoms with Gasteiger partial charge >= 0.3 is 0 Å². The fourth-order valence-electron chi connectivity index (χ4n) is 3.27. The van der Waals surface area contributed by atoms with Gasteiger partial charge in [0, 0.05) is 6.07 Å². The molecule has 1 aliphatic heterocycles. The zero-order valence-corrected chi connectivity index (χ0v) is 16.2. The molecule has 1 N–H and O–H groups in total. The van der Waals surface area contributed by atoms with Gasteiger partial charge in [-0.15, -0.1) is 0 Å². The van der Waals surface area contributed by atoms with Crippen molar-refractivity contribution >= 4 is 28.8 Å². The Morgan fingerprint density at radius 3 is 2.23 bits per heavy atom. The minimum absolute atomic E-state index is 0.0411. The first-order chi connectivity index (χ1) is 14.9. The molecule has 2 amide bonds. The van der Waals surface area contributed by atoms with Gasteiger partial charge in [-0.05, 0) is 42.0 Å². The third-order valence-electron chi connectivity index (χ3n) is 4.74. The Kier molecular flexibility index (Phi) is 5.21. The van der Waals surface area contributed by atoms with Crippen LogP contribution in [-0.2, 0) is 9.59 Å². The van der Waals surface area contributed by atoms with Crippen LogP contribution in [0, 0.1) is 17.5 Å². The summed E-state index contributed by atoms with van der Waals surface area (Å²) in [5.74, 6) is -3.95. The lowest BCUT2D eigenvalue weighted by Crippen LogP contribution is -2.32. The quantitative estimate of drug-likeness (QED) is 0.613. The second-order valence-electron chi connectivity index (χ2n) is 6.63. The molecule has 0 spiro atoms. The number of carbonyl (C=O) groups is 2. The second-order valence-corrected chi connectivity index (χ2v) is 6.63. The van der Waals surface area contributed by atoms with Gasteiger partial charge in [0.1, 0.15) is 17.3 Å². The molecular formula is C23H15F3N2O3. The summed E-state index contributed by atoms with van der Waals surface area (Å²) in [7, 11) is 1.45. The van der Waals surface area contributed by atoms with Crippen LogP contribution in [0.25, 0.3) is 5.57 Å². The van der Waals surface area contributed by atoms with Crippen LogP contribution in [0.3, 0.4) is 0 Å². The number of nitrogens with zero attached hydrogens (tertiary/aromatic N) is 1. The van der Waals surface area contributed by atoms with Crippen molar-refractivity contribution in [1.82, 2.24) is 0 Å². The number of imide groups is 1. The largest absolute Gasteiger partial charge is 0.495 e. The number of carbonyl (C=O) groups excluding carboxylic acids is 2. The molecule has 0 saturated carbocycles. The van der Waals surface area contributed by atoms with E-state index in [1.807, 2.05) is 0 Å². The summed E-state index contributed by atoms with van der Waals surface area (Å²) in [6.07, 6.45) is 0. The first-order valence-electron chi connectivity index (χ1n) is 9.15. The van der Waals surface area contributed by atoms with Crippen molar-refractivity contribution in [3.8, 4) is 5.75 Å². The van der Waals surface area contributed by atoms with Gasteiger partial charge in [-0.2, -0.15) is 0 Å². The predicted molar refractivity (Wildman–Crippen MR) is 109 cm³/mol. The molecule has 8 heteroatoms. The Balaban J connectivity index is 1.84. The van der Waals surface area contributed by atoms with E-state index in [0.717, 1.165) is 35.2 Å². The minimum atomic E-state index is -1.20. The van der Waals surface area contributed by atoms with Gasteiger partial charge in [0.25, 0.3) is 11.8 Å². The Bertz CT molecular complexity index is 1220. The number of ether oxygens (including phenoxy) is 1. The average Bonchev–Trinajstić information content (AvgIpc) is 3.01. The number of rotatable bonds is 5. The molecule has 4 rings (SSSR count). The van der Waals surface area contributed by atoms with E-state index in [2.05, 4.69) is 5.32 Å². The molecule has 1 heterocycles. The van der Waals surface area contributed by atoms with Gasteiger partial charge in [0.15, 0.2) is 11.6 Å². The van der Waals surface area contributed by atoms with Crippen molar-refractivity contribution in [1.29, 1.82) is 0 Å². The molecule has 3 aromatic rings. The van der Waals surface area contributed by atoms with Crippen molar-refractivity contribution in [2.24, 2.45) is 0 Å². The lowest BCUT2D eigenvalue weighted by molar-refractivity contribution is -0.120. The number of halogens is 3. The average molecular weight is 424 g/mol. The maximum Gasteiger partial charge on any atom is 0.282 e. The highest BCUT2D eigenvalue weighted by atomic mass is 19.2. The summed E-state index contributed by atoms with van der Waals surface area (Å²) >= 11 is 0. The highest BCUT2D eigenvalue weighted by Gasteiger charge is 2.40.